The highest BCUT2D eigenvalue weighted by atomic mass is 16.6. The summed E-state index contributed by atoms with van der Waals surface area (Å²) in [6.07, 6.45) is 4.19. The molecule has 0 aromatic rings. The number of hydrogen-bond acceptors (Lipinski definition) is 3. The van der Waals surface area contributed by atoms with E-state index in [1.807, 2.05) is 0 Å². The van der Waals surface area contributed by atoms with Crippen LogP contribution in [0.3, 0.4) is 0 Å². The standard InChI is InChI=1S/C9H15N3O2/c10-8(11)14-9(13)12-7-4-5-1-2-6(7)3-5/h5-7H,1-4H2,(H3,10,11)(H,12,13). The first kappa shape index (κ1) is 9.30. The minimum absolute atomic E-state index is 0.237. The molecule has 2 saturated carbocycles. The lowest BCUT2D eigenvalue weighted by Crippen LogP contribution is -2.40. The van der Waals surface area contributed by atoms with Gasteiger partial charge in [-0.05, 0) is 31.1 Å². The van der Waals surface area contributed by atoms with E-state index in [2.05, 4.69) is 10.1 Å². The molecular weight excluding hydrogens is 182 g/mol. The van der Waals surface area contributed by atoms with Gasteiger partial charge < -0.3 is 15.8 Å². The van der Waals surface area contributed by atoms with Gasteiger partial charge in [0.15, 0.2) is 0 Å². The first-order valence-electron chi connectivity index (χ1n) is 4.97. The topological polar surface area (TPSA) is 88.2 Å². The number of ether oxygens (including phenoxy) is 1. The Hall–Kier alpha value is -1.26. The van der Waals surface area contributed by atoms with E-state index in [1.165, 1.54) is 19.3 Å². The van der Waals surface area contributed by atoms with Crippen molar-refractivity contribution in [2.75, 3.05) is 0 Å². The summed E-state index contributed by atoms with van der Waals surface area (Å²) in [4.78, 5) is 11.1. The number of fused-ring (bicyclic) bond motifs is 2. The Morgan fingerprint density at radius 1 is 1.43 bits per heavy atom. The molecule has 2 aliphatic rings. The number of rotatable bonds is 1. The Morgan fingerprint density at radius 2 is 2.21 bits per heavy atom. The minimum atomic E-state index is -0.588. The van der Waals surface area contributed by atoms with Crippen molar-refractivity contribution in [3.05, 3.63) is 0 Å². The van der Waals surface area contributed by atoms with Crippen LogP contribution in [0.2, 0.25) is 0 Å². The molecule has 1 amide bonds. The highest BCUT2D eigenvalue weighted by Gasteiger charge is 2.40. The predicted octanol–water partition coefficient (Wildman–Crippen LogP) is 0.795. The molecule has 0 heterocycles. The minimum Gasteiger partial charge on any atom is -0.377 e. The van der Waals surface area contributed by atoms with Crippen LogP contribution in [-0.4, -0.2) is 18.2 Å². The third kappa shape index (κ3) is 1.81. The lowest BCUT2D eigenvalue weighted by molar-refractivity contribution is 0.186. The molecule has 78 valence electrons. The normalized spacial score (nSPS) is 34.1. The van der Waals surface area contributed by atoms with Crippen molar-refractivity contribution < 1.29 is 9.53 Å². The lowest BCUT2D eigenvalue weighted by atomic mass is 9.96. The zero-order valence-electron chi connectivity index (χ0n) is 7.95. The van der Waals surface area contributed by atoms with Crippen molar-refractivity contribution in [2.45, 2.75) is 31.7 Å². The highest BCUT2D eigenvalue weighted by Crippen LogP contribution is 2.44. The summed E-state index contributed by atoms with van der Waals surface area (Å²) in [5.74, 6) is 1.39. The van der Waals surface area contributed by atoms with E-state index in [-0.39, 0.29) is 6.04 Å². The van der Waals surface area contributed by atoms with Crippen molar-refractivity contribution in [3.8, 4) is 0 Å². The predicted molar refractivity (Wildman–Crippen MR) is 50.8 cm³/mol. The molecule has 0 saturated heterocycles. The monoisotopic (exact) mass is 197 g/mol. The van der Waals surface area contributed by atoms with Gasteiger partial charge in [0.2, 0.25) is 0 Å². The second-order valence-electron chi connectivity index (χ2n) is 4.18. The van der Waals surface area contributed by atoms with E-state index < -0.39 is 12.1 Å². The van der Waals surface area contributed by atoms with Crippen molar-refractivity contribution in [1.29, 1.82) is 5.41 Å². The fraction of sp³-hybridized carbons (Fsp3) is 0.778. The molecule has 0 radical (unpaired) electrons. The van der Waals surface area contributed by atoms with E-state index in [9.17, 15) is 4.79 Å². The number of nitrogens with one attached hydrogen (secondary N) is 2. The molecular formula is C9H15N3O2. The van der Waals surface area contributed by atoms with Crippen LogP contribution in [0.5, 0.6) is 0 Å². The van der Waals surface area contributed by atoms with Crippen LogP contribution >= 0.6 is 0 Å². The first-order chi connectivity index (χ1) is 6.65. The van der Waals surface area contributed by atoms with Gasteiger partial charge in [0.1, 0.15) is 0 Å². The van der Waals surface area contributed by atoms with Gasteiger partial charge in [-0.25, -0.2) is 4.79 Å². The Balaban J connectivity index is 1.81. The number of amidine groups is 1. The molecule has 3 atom stereocenters. The highest BCUT2D eigenvalue weighted by molar-refractivity contribution is 5.83. The number of carbonyl (C=O) groups is 1. The molecule has 0 aromatic carbocycles. The van der Waals surface area contributed by atoms with E-state index in [0.717, 1.165) is 12.3 Å². The molecule has 5 heteroatoms. The van der Waals surface area contributed by atoms with Gasteiger partial charge in [-0.3, -0.25) is 5.41 Å². The van der Waals surface area contributed by atoms with Gasteiger partial charge in [0, 0.05) is 6.04 Å². The number of amides is 1. The van der Waals surface area contributed by atoms with Crippen LogP contribution < -0.4 is 11.1 Å². The summed E-state index contributed by atoms with van der Waals surface area (Å²) in [5.41, 5.74) is 4.94. The second-order valence-corrected chi connectivity index (χ2v) is 4.18. The first-order valence-corrected chi connectivity index (χ1v) is 4.97. The molecule has 3 unspecified atom stereocenters. The van der Waals surface area contributed by atoms with Crippen LogP contribution in [0.15, 0.2) is 0 Å². The molecule has 0 aliphatic heterocycles. The summed E-state index contributed by atoms with van der Waals surface area (Å²) in [7, 11) is 0. The van der Waals surface area contributed by atoms with E-state index in [1.54, 1.807) is 0 Å². The maximum absolute atomic E-state index is 11.1. The molecule has 4 N–H and O–H groups in total. The molecule has 0 spiro atoms. The molecule has 2 aliphatic carbocycles. The van der Waals surface area contributed by atoms with Crippen LogP contribution in [0.1, 0.15) is 25.7 Å². The number of nitrogens with two attached hydrogens (primary N) is 1. The van der Waals surface area contributed by atoms with Crippen molar-refractivity contribution in [2.24, 2.45) is 17.6 Å². The Labute approximate surface area is 82.5 Å². The van der Waals surface area contributed by atoms with Crippen LogP contribution in [0, 0.1) is 17.2 Å². The molecule has 2 bridgehead atoms. The number of carbonyl (C=O) groups excluding carboxylic acids is 1. The number of alkyl carbamates (subject to hydrolysis) is 1. The Kier molecular flexibility index (Phi) is 2.31. The fourth-order valence-corrected chi connectivity index (χ4v) is 2.70. The Morgan fingerprint density at radius 3 is 2.71 bits per heavy atom. The summed E-state index contributed by atoms with van der Waals surface area (Å²) in [6, 6.07) is -0.314. The van der Waals surface area contributed by atoms with E-state index in [4.69, 9.17) is 11.1 Å². The quantitative estimate of drug-likeness (QED) is 0.429. The van der Waals surface area contributed by atoms with E-state index >= 15 is 0 Å². The van der Waals surface area contributed by atoms with Gasteiger partial charge in [0.25, 0.3) is 6.02 Å². The third-order valence-electron chi connectivity index (χ3n) is 3.24. The SMILES string of the molecule is N=C(N)OC(=O)NC1CC2CCC1C2. The number of hydrogen-bond donors (Lipinski definition) is 3. The molecule has 2 fully saturated rings. The lowest BCUT2D eigenvalue weighted by Gasteiger charge is -2.21. The molecule has 14 heavy (non-hydrogen) atoms. The van der Waals surface area contributed by atoms with Gasteiger partial charge >= 0.3 is 6.09 Å². The average molecular weight is 197 g/mol. The molecule has 0 aromatic heterocycles. The summed E-state index contributed by atoms with van der Waals surface area (Å²) >= 11 is 0. The van der Waals surface area contributed by atoms with Gasteiger partial charge in [-0.15, -0.1) is 0 Å². The third-order valence-corrected chi connectivity index (χ3v) is 3.24. The van der Waals surface area contributed by atoms with Crippen molar-refractivity contribution >= 4 is 12.1 Å². The largest absolute Gasteiger partial charge is 0.415 e. The Bertz CT molecular complexity index is 267. The summed E-state index contributed by atoms with van der Waals surface area (Å²) in [5, 5.41) is 9.56. The molecule has 5 nitrogen and oxygen atoms in total. The zero-order valence-corrected chi connectivity index (χ0v) is 7.95. The van der Waals surface area contributed by atoms with Crippen LogP contribution in [-0.2, 0) is 4.74 Å². The summed E-state index contributed by atoms with van der Waals surface area (Å²) in [6.45, 7) is 0. The molecule has 2 rings (SSSR count). The van der Waals surface area contributed by atoms with Gasteiger partial charge in [-0.2, -0.15) is 0 Å². The maximum atomic E-state index is 11.1. The van der Waals surface area contributed by atoms with Crippen LogP contribution in [0.4, 0.5) is 4.79 Å². The van der Waals surface area contributed by atoms with Gasteiger partial charge in [0.05, 0.1) is 0 Å². The van der Waals surface area contributed by atoms with Crippen LogP contribution in [0.25, 0.3) is 0 Å². The summed E-state index contributed by atoms with van der Waals surface area (Å²) < 4.78 is 4.43. The fourth-order valence-electron chi connectivity index (χ4n) is 2.70. The maximum Gasteiger partial charge on any atom is 0.415 e. The second kappa shape index (κ2) is 3.48. The van der Waals surface area contributed by atoms with E-state index in [0.29, 0.717) is 5.92 Å². The average Bonchev–Trinajstić information content (AvgIpc) is 2.62. The zero-order chi connectivity index (χ0) is 10.1. The smallest absolute Gasteiger partial charge is 0.377 e. The van der Waals surface area contributed by atoms with Crippen molar-refractivity contribution in [1.82, 2.24) is 5.32 Å². The van der Waals surface area contributed by atoms with Gasteiger partial charge in [-0.1, -0.05) is 6.42 Å². The van der Waals surface area contributed by atoms with Crippen molar-refractivity contribution in [3.63, 3.8) is 0 Å².